The first kappa shape index (κ1) is 14.6. The molecule has 0 aliphatic heterocycles. The molecule has 0 saturated heterocycles. The number of ether oxygens (including phenoxy) is 1. The number of nitrogens with one attached hydrogen (secondary N) is 2. The predicted molar refractivity (Wildman–Crippen MR) is 80.7 cm³/mol. The molecule has 0 bridgehead atoms. The van der Waals surface area contributed by atoms with Crippen molar-refractivity contribution in [2.24, 2.45) is 0 Å². The van der Waals surface area contributed by atoms with Crippen LogP contribution in [0.15, 0.2) is 30.5 Å². The molecule has 0 fully saturated rings. The second-order valence-electron chi connectivity index (χ2n) is 4.76. The standard InChI is InChI=1S/C16H22N2O2/c1-2-20-11-10-17-16(19)9-5-6-13-12-18-15-8-4-3-7-14(13)15/h3-4,7-8,12,18H,2,5-6,9-11H2,1H3,(H,17,19). The minimum absolute atomic E-state index is 0.101. The molecule has 4 heteroatoms. The Morgan fingerprint density at radius 3 is 3.05 bits per heavy atom. The van der Waals surface area contributed by atoms with Gasteiger partial charge in [-0.3, -0.25) is 4.79 Å². The highest BCUT2D eigenvalue weighted by Crippen LogP contribution is 2.19. The normalized spacial score (nSPS) is 10.8. The van der Waals surface area contributed by atoms with E-state index in [1.165, 1.54) is 10.9 Å². The van der Waals surface area contributed by atoms with Gasteiger partial charge in [0.05, 0.1) is 6.61 Å². The minimum atomic E-state index is 0.101. The summed E-state index contributed by atoms with van der Waals surface area (Å²) in [5.41, 5.74) is 2.44. The Morgan fingerprint density at radius 1 is 1.35 bits per heavy atom. The summed E-state index contributed by atoms with van der Waals surface area (Å²) in [6.45, 7) is 3.82. The Balaban J connectivity index is 1.71. The number of aromatic nitrogens is 1. The largest absolute Gasteiger partial charge is 0.380 e. The van der Waals surface area contributed by atoms with Gasteiger partial charge >= 0.3 is 0 Å². The van der Waals surface area contributed by atoms with Crippen molar-refractivity contribution in [1.82, 2.24) is 10.3 Å². The fourth-order valence-electron chi connectivity index (χ4n) is 2.27. The molecule has 4 nitrogen and oxygen atoms in total. The van der Waals surface area contributed by atoms with Crippen LogP contribution in [0.3, 0.4) is 0 Å². The maximum absolute atomic E-state index is 11.6. The number of carbonyl (C=O) groups excluding carboxylic acids is 1. The third-order valence-corrected chi connectivity index (χ3v) is 3.30. The van der Waals surface area contributed by atoms with Crippen LogP contribution in [0.1, 0.15) is 25.3 Å². The SMILES string of the molecule is CCOCCNC(=O)CCCc1c[nH]c2ccccc12. The van der Waals surface area contributed by atoms with Gasteiger partial charge in [-0.15, -0.1) is 0 Å². The van der Waals surface area contributed by atoms with Crippen LogP contribution in [0.5, 0.6) is 0 Å². The molecule has 0 atom stereocenters. The van der Waals surface area contributed by atoms with E-state index >= 15 is 0 Å². The van der Waals surface area contributed by atoms with Gasteiger partial charge in [0, 0.05) is 36.7 Å². The number of hydrogen-bond acceptors (Lipinski definition) is 2. The molecular weight excluding hydrogens is 252 g/mol. The lowest BCUT2D eigenvalue weighted by Crippen LogP contribution is -2.27. The van der Waals surface area contributed by atoms with Gasteiger partial charge in [0.15, 0.2) is 0 Å². The Hall–Kier alpha value is -1.81. The molecule has 1 aromatic heterocycles. The fourth-order valence-corrected chi connectivity index (χ4v) is 2.27. The first-order chi connectivity index (χ1) is 9.81. The smallest absolute Gasteiger partial charge is 0.220 e. The van der Waals surface area contributed by atoms with E-state index in [4.69, 9.17) is 4.74 Å². The van der Waals surface area contributed by atoms with Crippen molar-refractivity contribution < 1.29 is 9.53 Å². The second kappa shape index (κ2) is 7.70. The average Bonchev–Trinajstić information content (AvgIpc) is 2.87. The molecule has 2 rings (SSSR count). The van der Waals surface area contributed by atoms with Gasteiger partial charge in [-0.05, 0) is 31.4 Å². The van der Waals surface area contributed by atoms with E-state index in [-0.39, 0.29) is 5.91 Å². The van der Waals surface area contributed by atoms with E-state index in [1.54, 1.807) is 0 Å². The summed E-state index contributed by atoms with van der Waals surface area (Å²) in [5, 5.41) is 4.12. The van der Waals surface area contributed by atoms with Crippen molar-refractivity contribution in [3.05, 3.63) is 36.0 Å². The summed E-state index contributed by atoms with van der Waals surface area (Å²) in [6, 6.07) is 8.25. The third kappa shape index (κ3) is 4.10. The maximum Gasteiger partial charge on any atom is 0.220 e. The number of benzene rings is 1. The first-order valence-corrected chi connectivity index (χ1v) is 7.20. The van der Waals surface area contributed by atoms with E-state index in [0.717, 1.165) is 18.4 Å². The molecule has 2 aromatic rings. The van der Waals surface area contributed by atoms with Crippen molar-refractivity contribution in [2.75, 3.05) is 19.8 Å². The lowest BCUT2D eigenvalue weighted by Gasteiger charge is -2.05. The molecule has 0 saturated carbocycles. The number of rotatable bonds is 8. The minimum Gasteiger partial charge on any atom is -0.380 e. The summed E-state index contributed by atoms with van der Waals surface area (Å²) < 4.78 is 5.18. The monoisotopic (exact) mass is 274 g/mol. The molecule has 0 spiro atoms. The Kier molecular flexibility index (Phi) is 5.62. The van der Waals surface area contributed by atoms with Crippen LogP contribution in [-0.4, -0.2) is 30.6 Å². The van der Waals surface area contributed by atoms with E-state index < -0.39 is 0 Å². The molecule has 1 heterocycles. The van der Waals surface area contributed by atoms with Crippen LogP contribution in [0.2, 0.25) is 0 Å². The number of hydrogen-bond donors (Lipinski definition) is 2. The number of aryl methyl sites for hydroxylation is 1. The van der Waals surface area contributed by atoms with E-state index in [0.29, 0.717) is 26.2 Å². The van der Waals surface area contributed by atoms with E-state index in [1.807, 2.05) is 25.3 Å². The molecule has 0 aliphatic carbocycles. The Bertz CT molecular complexity index is 548. The first-order valence-electron chi connectivity index (χ1n) is 7.20. The van der Waals surface area contributed by atoms with Gasteiger partial charge in [-0.2, -0.15) is 0 Å². The topological polar surface area (TPSA) is 54.1 Å². The van der Waals surface area contributed by atoms with Gasteiger partial charge < -0.3 is 15.0 Å². The van der Waals surface area contributed by atoms with Gasteiger partial charge in [0.1, 0.15) is 0 Å². The number of amides is 1. The lowest BCUT2D eigenvalue weighted by atomic mass is 10.1. The quantitative estimate of drug-likeness (QED) is 0.727. The van der Waals surface area contributed by atoms with Gasteiger partial charge in [-0.25, -0.2) is 0 Å². The van der Waals surface area contributed by atoms with E-state index in [9.17, 15) is 4.79 Å². The number of aromatic amines is 1. The number of para-hydroxylation sites is 1. The zero-order valence-corrected chi connectivity index (χ0v) is 11.9. The maximum atomic E-state index is 11.6. The summed E-state index contributed by atoms with van der Waals surface area (Å²) in [5.74, 6) is 0.101. The van der Waals surface area contributed by atoms with Crippen molar-refractivity contribution in [1.29, 1.82) is 0 Å². The molecule has 2 N–H and O–H groups in total. The number of carbonyl (C=O) groups is 1. The van der Waals surface area contributed by atoms with Gasteiger partial charge in [-0.1, -0.05) is 18.2 Å². The van der Waals surface area contributed by atoms with Crippen molar-refractivity contribution in [3.63, 3.8) is 0 Å². The third-order valence-electron chi connectivity index (χ3n) is 3.30. The van der Waals surface area contributed by atoms with Crippen LogP contribution < -0.4 is 5.32 Å². The summed E-state index contributed by atoms with van der Waals surface area (Å²) in [4.78, 5) is 14.9. The predicted octanol–water partition coefficient (Wildman–Crippen LogP) is 2.64. The van der Waals surface area contributed by atoms with Crippen LogP contribution >= 0.6 is 0 Å². The zero-order chi connectivity index (χ0) is 14.2. The molecular formula is C16H22N2O2. The van der Waals surface area contributed by atoms with Crippen molar-refractivity contribution >= 4 is 16.8 Å². The van der Waals surface area contributed by atoms with E-state index in [2.05, 4.69) is 22.4 Å². The molecule has 1 amide bonds. The highest BCUT2D eigenvalue weighted by atomic mass is 16.5. The highest BCUT2D eigenvalue weighted by molar-refractivity contribution is 5.83. The lowest BCUT2D eigenvalue weighted by molar-refractivity contribution is -0.121. The Labute approximate surface area is 119 Å². The number of fused-ring (bicyclic) bond motifs is 1. The molecule has 0 radical (unpaired) electrons. The van der Waals surface area contributed by atoms with Crippen molar-refractivity contribution in [2.45, 2.75) is 26.2 Å². The fraction of sp³-hybridized carbons (Fsp3) is 0.438. The van der Waals surface area contributed by atoms with Crippen LogP contribution in [-0.2, 0) is 16.0 Å². The summed E-state index contributed by atoms with van der Waals surface area (Å²) in [6.07, 6.45) is 4.38. The second-order valence-corrected chi connectivity index (χ2v) is 4.76. The molecule has 1 aromatic carbocycles. The summed E-state index contributed by atoms with van der Waals surface area (Å²) >= 11 is 0. The van der Waals surface area contributed by atoms with Gasteiger partial charge in [0.25, 0.3) is 0 Å². The van der Waals surface area contributed by atoms with Crippen molar-refractivity contribution in [3.8, 4) is 0 Å². The summed E-state index contributed by atoms with van der Waals surface area (Å²) in [7, 11) is 0. The van der Waals surface area contributed by atoms with Crippen LogP contribution in [0.25, 0.3) is 10.9 Å². The highest BCUT2D eigenvalue weighted by Gasteiger charge is 2.05. The zero-order valence-electron chi connectivity index (χ0n) is 11.9. The van der Waals surface area contributed by atoms with Crippen LogP contribution in [0.4, 0.5) is 0 Å². The molecule has 20 heavy (non-hydrogen) atoms. The average molecular weight is 274 g/mol. The molecule has 0 unspecified atom stereocenters. The van der Waals surface area contributed by atoms with Gasteiger partial charge in [0.2, 0.25) is 5.91 Å². The molecule has 0 aliphatic rings. The number of H-pyrrole nitrogens is 1. The molecule has 108 valence electrons. The Morgan fingerprint density at radius 2 is 2.20 bits per heavy atom. The van der Waals surface area contributed by atoms with Crippen LogP contribution in [0, 0.1) is 0 Å².